The third kappa shape index (κ3) is 2.59. The lowest BCUT2D eigenvalue weighted by molar-refractivity contribution is 0.0513. The topological polar surface area (TPSA) is 55.3 Å². The predicted molar refractivity (Wildman–Crippen MR) is 86.5 cm³/mol. The second-order valence-electron chi connectivity index (χ2n) is 5.66. The average molecular weight is 333 g/mol. The van der Waals surface area contributed by atoms with Crippen LogP contribution in [0.5, 0.6) is 5.75 Å². The summed E-state index contributed by atoms with van der Waals surface area (Å²) < 4.78 is 6.14. The summed E-state index contributed by atoms with van der Waals surface area (Å²) in [6.07, 6.45) is 4.67. The molecule has 7 heteroatoms. The van der Waals surface area contributed by atoms with Gasteiger partial charge in [-0.3, -0.25) is 9.78 Å². The molecule has 5 nitrogen and oxygen atoms in total. The van der Waals surface area contributed by atoms with E-state index in [0.717, 1.165) is 31.0 Å². The van der Waals surface area contributed by atoms with Gasteiger partial charge in [0.15, 0.2) is 0 Å². The van der Waals surface area contributed by atoms with Crippen molar-refractivity contribution in [1.29, 1.82) is 0 Å². The van der Waals surface area contributed by atoms with Gasteiger partial charge >= 0.3 is 0 Å². The molecule has 2 aliphatic heterocycles. The van der Waals surface area contributed by atoms with E-state index >= 15 is 0 Å². The van der Waals surface area contributed by atoms with Crippen LogP contribution in [0.15, 0.2) is 35.4 Å². The monoisotopic (exact) mass is 333 g/mol. The maximum Gasteiger partial charge on any atom is 0.273 e. The molecule has 114 valence electrons. The smallest absolute Gasteiger partial charge is 0.273 e. The quantitative estimate of drug-likeness (QED) is 0.863. The van der Waals surface area contributed by atoms with E-state index in [4.69, 9.17) is 4.74 Å². The van der Waals surface area contributed by atoms with E-state index in [0.29, 0.717) is 5.69 Å². The summed E-state index contributed by atoms with van der Waals surface area (Å²) in [5.41, 5.74) is 2.26. The van der Waals surface area contributed by atoms with Gasteiger partial charge in [0.1, 0.15) is 17.5 Å². The number of thioether (sulfide) groups is 1. The number of rotatable bonds is 3. The zero-order valence-electron chi connectivity index (χ0n) is 11.8. The largest absolute Gasteiger partial charge is 0.488 e. The summed E-state index contributed by atoms with van der Waals surface area (Å²) in [6.45, 7) is 1.59. The van der Waals surface area contributed by atoms with Crippen LogP contribution in [0.1, 0.15) is 16.9 Å². The van der Waals surface area contributed by atoms with E-state index in [2.05, 4.69) is 9.97 Å². The Hall–Kier alpha value is -1.60. The molecule has 22 heavy (non-hydrogen) atoms. The van der Waals surface area contributed by atoms with Crippen LogP contribution < -0.4 is 4.74 Å². The SMILES string of the molecule is O=C(c1cscn1)N1CC2(C[C@H](Oc3cccnc3)CS2)C1. The summed E-state index contributed by atoms with van der Waals surface area (Å²) in [6, 6.07) is 3.81. The van der Waals surface area contributed by atoms with E-state index in [1.54, 1.807) is 17.9 Å². The Balaban J connectivity index is 1.33. The Morgan fingerprint density at radius 3 is 3.09 bits per heavy atom. The molecule has 0 N–H and O–H groups in total. The predicted octanol–water partition coefficient (Wildman–Crippen LogP) is 2.32. The lowest BCUT2D eigenvalue weighted by Gasteiger charge is -2.47. The third-order valence-corrected chi connectivity index (χ3v) is 6.17. The molecule has 0 aromatic carbocycles. The van der Waals surface area contributed by atoms with Crippen molar-refractivity contribution < 1.29 is 9.53 Å². The summed E-state index contributed by atoms with van der Waals surface area (Å²) in [5, 5.41) is 1.81. The Bertz CT molecular complexity index is 657. The van der Waals surface area contributed by atoms with Gasteiger partial charge in [0.2, 0.25) is 0 Å². The minimum absolute atomic E-state index is 0.0455. The van der Waals surface area contributed by atoms with Gasteiger partial charge in [-0.05, 0) is 12.1 Å². The zero-order valence-corrected chi connectivity index (χ0v) is 13.5. The maximum atomic E-state index is 12.2. The molecular formula is C15H15N3O2S2. The number of pyridine rings is 1. The molecule has 0 bridgehead atoms. The number of carbonyl (C=O) groups excluding carboxylic acids is 1. The van der Waals surface area contributed by atoms with E-state index in [9.17, 15) is 4.79 Å². The molecule has 2 fully saturated rings. The van der Waals surface area contributed by atoms with Gasteiger partial charge in [0.25, 0.3) is 5.91 Å². The number of nitrogens with zero attached hydrogens (tertiary/aromatic N) is 3. The highest BCUT2D eigenvalue weighted by molar-refractivity contribution is 8.01. The lowest BCUT2D eigenvalue weighted by Crippen LogP contribution is -2.60. The van der Waals surface area contributed by atoms with E-state index in [-0.39, 0.29) is 16.8 Å². The number of hydrogen-bond acceptors (Lipinski definition) is 6. The molecule has 1 atom stereocenters. The molecule has 0 radical (unpaired) electrons. The van der Waals surface area contributed by atoms with Crippen molar-refractivity contribution >= 4 is 29.0 Å². The fourth-order valence-corrected chi connectivity index (χ4v) is 5.03. The summed E-state index contributed by atoms with van der Waals surface area (Å²) in [5.74, 6) is 1.83. The van der Waals surface area contributed by atoms with Gasteiger partial charge in [0, 0.05) is 36.8 Å². The first-order valence-corrected chi connectivity index (χ1v) is 9.05. The molecular weight excluding hydrogens is 318 g/mol. The van der Waals surface area contributed by atoms with Crippen LogP contribution in [-0.4, -0.2) is 50.5 Å². The van der Waals surface area contributed by atoms with Crippen molar-refractivity contribution in [1.82, 2.24) is 14.9 Å². The van der Waals surface area contributed by atoms with Crippen LogP contribution in [0.3, 0.4) is 0 Å². The third-order valence-electron chi connectivity index (χ3n) is 4.01. The summed E-state index contributed by atoms with van der Waals surface area (Å²) in [7, 11) is 0. The van der Waals surface area contributed by atoms with Gasteiger partial charge in [-0.2, -0.15) is 0 Å². The van der Waals surface area contributed by atoms with Crippen molar-refractivity contribution in [3.05, 3.63) is 41.1 Å². The Kier molecular flexibility index (Phi) is 3.54. The number of hydrogen-bond donors (Lipinski definition) is 0. The molecule has 2 aromatic heterocycles. The fraction of sp³-hybridized carbons (Fsp3) is 0.400. The number of likely N-dealkylation sites (tertiary alicyclic amines) is 1. The molecule has 2 aromatic rings. The zero-order chi connectivity index (χ0) is 15.0. The van der Waals surface area contributed by atoms with Crippen molar-refractivity contribution in [3.8, 4) is 5.75 Å². The van der Waals surface area contributed by atoms with Crippen LogP contribution in [-0.2, 0) is 0 Å². The normalized spacial score (nSPS) is 22.5. The molecule has 0 unspecified atom stereocenters. The minimum Gasteiger partial charge on any atom is -0.488 e. The maximum absolute atomic E-state index is 12.2. The first kappa shape index (κ1) is 14.0. The van der Waals surface area contributed by atoms with Crippen LogP contribution in [0.2, 0.25) is 0 Å². The van der Waals surface area contributed by atoms with Gasteiger partial charge < -0.3 is 9.64 Å². The van der Waals surface area contributed by atoms with Crippen molar-refractivity contribution in [3.63, 3.8) is 0 Å². The van der Waals surface area contributed by atoms with Gasteiger partial charge in [-0.1, -0.05) is 0 Å². The van der Waals surface area contributed by atoms with Gasteiger partial charge in [-0.15, -0.1) is 23.1 Å². The van der Waals surface area contributed by atoms with E-state index in [1.807, 2.05) is 34.2 Å². The molecule has 0 aliphatic carbocycles. The first-order chi connectivity index (χ1) is 10.7. The Morgan fingerprint density at radius 2 is 2.36 bits per heavy atom. The number of amides is 1. The second kappa shape index (κ2) is 5.55. The van der Waals surface area contributed by atoms with Gasteiger partial charge in [-0.25, -0.2) is 4.98 Å². The van der Waals surface area contributed by atoms with Crippen LogP contribution >= 0.6 is 23.1 Å². The van der Waals surface area contributed by atoms with Gasteiger partial charge in [0.05, 0.1) is 16.5 Å². The number of thiazole rings is 1. The molecule has 0 saturated carbocycles. The van der Waals surface area contributed by atoms with Crippen LogP contribution in [0.4, 0.5) is 0 Å². The summed E-state index contributed by atoms with van der Waals surface area (Å²) in [4.78, 5) is 22.3. The van der Waals surface area contributed by atoms with Crippen molar-refractivity contribution in [2.45, 2.75) is 17.3 Å². The number of ether oxygens (including phenoxy) is 1. The standard InChI is InChI=1S/C15H15N3O2S2/c19-14(13-7-21-10-17-13)18-8-15(9-18)4-12(6-22-15)20-11-2-1-3-16-5-11/h1-3,5,7,10,12H,4,6,8-9H2/t12-/m0/s1. The molecule has 2 aliphatic rings. The molecule has 1 spiro atoms. The minimum atomic E-state index is 0.0455. The molecule has 4 rings (SSSR count). The van der Waals surface area contributed by atoms with E-state index in [1.165, 1.54) is 11.3 Å². The van der Waals surface area contributed by atoms with Crippen LogP contribution in [0, 0.1) is 0 Å². The van der Waals surface area contributed by atoms with Crippen LogP contribution in [0.25, 0.3) is 0 Å². The lowest BCUT2D eigenvalue weighted by atomic mass is 9.92. The Morgan fingerprint density at radius 1 is 1.45 bits per heavy atom. The van der Waals surface area contributed by atoms with Crippen molar-refractivity contribution in [2.24, 2.45) is 0 Å². The average Bonchev–Trinajstić information content (AvgIpc) is 3.16. The number of carbonyl (C=O) groups is 1. The van der Waals surface area contributed by atoms with Crippen molar-refractivity contribution in [2.75, 3.05) is 18.8 Å². The Labute approximate surface area is 136 Å². The van der Waals surface area contributed by atoms with E-state index < -0.39 is 0 Å². The molecule has 4 heterocycles. The first-order valence-electron chi connectivity index (χ1n) is 7.12. The highest BCUT2D eigenvalue weighted by atomic mass is 32.2. The highest BCUT2D eigenvalue weighted by Gasteiger charge is 2.51. The highest BCUT2D eigenvalue weighted by Crippen LogP contribution is 2.46. The second-order valence-corrected chi connectivity index (χ2v) is 7.87. The number of aromatic nitrogens is 2. The fourth-order valence-electron chi connectivity index (χ4n) is 2.98. The summed E-state index contributed by atoms with van der Waals surface area (Å²) >= 11 is 3.38. The molecule has 2 saturated heterocycles. The molecule has 1 amide bonds.